The molecule has 2 aromatic rings. The summed E-state index contributed by atoms with van der Waals surface area (Å²) in [5.41, 5.74) is 1.05. The van der Waals surface area contributed by atoms with Crippen molar-refractivity contribution in [1.29, 1.82) is 0 Å². The van der Waals surface area contributed by atoms with E-state index in [1.165, 1.54) is 7.11 Å². The van der Waals surface area contributed by atoms with Gasteiger partial charge in [-0.1, -0.05) is 12.1 Å². The summed E-state index contributed by atoms with van der Waals surface area (Å²) in [5, 5.41) is 3.09. The molecule has 1 saturated heterocycles. The molecule has 3 rings (SSSR count). The number of carbonyl (C=O) groups excluding carboxylic acids is 1. The summed E-state index contributed by atoms with van der Waals surface area (Å²) in [6.07, 6.45) is 1.70. The van der Waals surface area contributed by atoms with E-state index >= 15 is 0 Å². The largest absolute Gasteiger partial charge is 0.465 e. The molecular formula is C16H18N4O3. The monoisotopic (exact) mass is 314 g/mol. The smallest absolute Gasteiger partial charge is 0.339 e. The molecule has 0 unspecified atom stereocenters. The van der Waals surface area contributed by atoms with E-state index in [1.54, 1.807) is 24.4 Å². The highest BCUT2D eigenvalue weighted by Crippen LogP contribution is 2.21. The van der Waals surface area contributed by atoms with Crippen LogP contribution in [0.15, 0.2) is 36.5 Å². The number of morpholine rings is 1. The van der Waals surface area contributed by atoms with Gasteiger partial charge in [-0.25, -0.2) is 9.78 Å². The summed E-state index contributed by atoms with van der Waals surface area (Å²) in [6, 6.07) is 8.96. The Labute approximate surface area is 134 Å². The predicted octanol–water partition coefficient (Wildman–Crippen LogP) is 1.84. The first-order valence-electron chi connectivity index (χ1n) is 7.38. The number of benzene rings is 1. The second-order valence-corrected chi connectivity index (χ2v) is 5.00. The van der Waals surface area contributed by atoms with Gasteiger partial charge in [0, 0.05) is 19.3 Å². The second-order valence-electron chi connectivity index (χ2n) is 5.00. The van der Waals surface area contributed by atoms with Gasteiger partial charge in [-0.05, 0) is 18.2 Å². The minimum atomic E-state index is -0.405. The lowest BCUT2D eigenvalue weighted by molar-refractivity contribution is 0.0602. The first kappa shape index (κ1) is 15.2. The lowest BCUT2D eigenvalue weighted by atomic mass is 10.2. The molecule has 23 heavy (non-hydrogen) atoms. The minimum Gasteiger partial charge on any atom is -0.465 e. The summed E-state index contributed by atoms with van der Waals surface area (Å²) in [6.45, 7) is 2.99. The summed E-state index contributed by atoms with van der Waals surface area (Å²) in [4.78, 5) is 22.7. The van der Waals surface area contributed by atoms with Crippen LogP contribution in [0.5, 0.6) is 0 Å². The normalized spacial score (nSPS) is 14.4. The summed E-state index contributed by atoms with van der Waals surface area (Å²) >= 11 is 0. The van der Waals surface area contributed by atoms with E-state index in [1.807, 2.05) is 12.1 Å². The maximum absolute atomic E-state index is 11.8. The van der Waals surface area contributed by atoms with Gasteiger partial charge in [0.15, 0.2) is 0 Å². The molecule has 0 amide bonds. The Hall–Kier alpha value is -2.67. The lowest BCUT2D eigenvalue weighted by Gasteiger charge is -2.27. The number of carbonyl (C=O) groups is 1. The van der Waals surface area contributed by atoms with Crippen LogP contribution in [-0.4, -0.2) is 49.4 Å². The van der Waals surface area contributed by atoms with Crippen molar-refractivity contribution in [2.24, 2.45) is 0 Å². The molecule has 0 spiro atoms. The Morgan fingerprint density at radius 3 is 2.83 bits per heavy atom. The summed E-state index contributed by atoms with van der Waals surface area (Å²) in [5.74, 6) is 0.865. The average Bonchev–Trinajstić information content (AvgIpc) is 2.62. The van der Waals surface area contributed by atoms with Crippen molar-refractivity contribution in [3.63, 3.8) is 0 Å². The fourth-order valence-electron chi connectivity index (χ4n) is 2.38. The van der Waals surface area contributed by atoms with Crippen molar-refractivity contribution in [3.8, 4) is 0 Å². The van der Waals surface area contributed by atoms with Crippen molar-refractivity contribution >= 4 is 23.4 Å². The van der Waals surface area contributed by atoms with Crippen LogP contribution in [0.4, 0.5) is 17.5 Å². The highest BCUT2D eigenvalue weighted by atomic mass is 16.5. The zero-order chi connectivity index (χ0) is 16.1. The van der Waals surface area contributed by atoms with Crippen LogP contribution in [0.2, 0.25) is 0 Å². The van der Waals surface area contributed by atoms with Gasteiger partial charge < -0.3 is 19.7 Å². The number of methoxy groups -OCH3 is 1. The Balaban J connectivity index is 1.82. The van der Waals surface area contributed by atoms with Gasteiger partial charge >= 0.3 is 5.97 Å². The van der Waals surface area contributed by atoms with E-state index in [0.29, 0.717) is 30.4 Å². The van der Waals surface area contributed by atoms with Gasteiger partial charge in [0.1, 0.15) is 5.82 Å². The molecule has 0 aliphatic carbocycles. The van der Waals surface area contributed by atoms with Gasteiger partial charge in [-0.3, -0.25) is 0 Å². The Bertz CT molecular complexity index is 687. The molecule has 2 heterocycles. The number of hydrogen-bond acceptors (Lipinski definition) is 7. The number of nitrogens with zero attached hydrogens (tertiary/aromatic N) is 3. The first-order chi connectivity index (χ1) is 11.3. The lowest BCUT2D eigenvalue weighted by Crippen LogP contribution is -2.36. The maximum atomic E-state index is 11.8. The number of hydrogen-bond donors (Lipinski definition) is 1. The molecule has 0 atom stereocenters. The molecular weight excluding hydrogens is 296 g/mol. The SMILES string of the molecule is COC(=O)c1ccccc1Nc1nccc(N2CCOCC2)n1. The molecule has 7 nitrogen and oxygen atoms in total. The molecule has 1 aliphatic heterocycles. The Morgan fingerprint density at radius 1 is 1.26 bits per heavy atom. The standard InChI is InChI=1S/C16H18N4O3/c1-22-15(21)12-4-2-3-5-13(12)18-16-17-7-6-14(19-16)20-8-10-23-11-9-20/h2-7H,8-11H2,1H3,(H,17,18,19). The topological polar surface area (TPSA) is 76.6 Å². The van der Waals surface area contributed by atoms with Crippen molar-refractivity contribution in [3.05, 3.63) is 42.1 Å². The number of nitrogens with one attached hydrogen (secondary N) is 1. The fraction of sp³-hybridized carbons (Fsp3) is 0.312. The molecule has 1 aromatic heterocycles. The van der Waals surface area contributed by atoms with Gasteiger partial charge in [-0.15, -0.1) is 0 Å². The van der Waals surface area contributed by atoms with Crippen LogP contribution in [0.3, 0.4) is 0 Å². The molecule has 1 aliphatic rings. The van der Waals surface area contributed by atoms with Crippen LogP contribution in [-0.2, 0) is 9.47 Å². The molecule has 1 N–H and O–H groups in total. The zero-order valence-electron chi connectivity index (χ0n) is 12.9. The average molecular weight is 314 g/mol. The van der Waals surface area contributed by atoms with Gasteiger partial charge in [-0.2, -0.15) is 4.98 Å². The molecule has 120 valence electrons. The van der Waals surface area contributed by atoms with Gasteiger partial charge in [0.05, 0.1) is 31.6 Å². The summed E-state index contributed by atoms with van der Waals surface area (Å²) < 4.78 is 10.1. The highest BCUT2D eigenvalue weighted by molar-refractivity contribution is 5.96. The molecule has 7 heteroatoms. The number of rotatable bonds is 4. The van der Waals surface area contributed by atoms with E-state index in [9.17, 15) is 4.79 Å². The van der Waals surface area contributed by atoms with E-state index < -0.39 is 5.97 Å². The third kappa shape index (κ3) is 3.57. The van der Waals surface area contributed by atoms with Crippen LogP contribution in [0.1, 0.15) is 10.4 Å². The van der Waals surface area contributed by atoms with E-state index in [0.717, 1.165) is 18.9 Å². The molecule has 1 aromatic carbocycles. The number of para-hydroxylation sites is 1. The number of esters is 1. The van der Waals surface area contributed by atoms with Crippen molar-refractivity contribution < 1.29 is 14.3 Å². The number of ether oxygens (including phenoxy) is 2. The van der Waals surface area contributed by atoms with E-state index in [4.69, 9.17) is 9.47 Å². The van der Waals surface area contributed by atoms with Gasteiger partial charge in [0.2, 0.25) is 5.95 Å². The Kier molecular flexibility index (Phi) is 4.68. The minimum absolute atomic E-state index is 0.405. The molecule has 0 bridgehead atoms. The number of aromatic nitrogens is 2. The van der Waals surface area contributed by atoms with Crippen LogP contribution >= 0.6 is 0 Å². The van der Waals surface area contributed by atoms with Crippen molar-refractivity contribution in [1.82, 2.24) is 9.97 Å². The number of anilines is 3. The molecule has 1 fully saturated rings. The predicted molar refractivity (Wildman–Crippen MR) is 86.1 cm³/mol. The quantitative estimate of drug-likeness (QED) is 0.863. The van der Waals surface area contributed by atoms with Gasteiger partial charge in [0.25, 0.3) is 0 Å². The third-order valence-electron chi connectivity index (χ3n) is 3.55. The fourth-order valence-corrected chi connectivity index (χ4v) is 2.38. The van der Waals surface area contributed by atoms with E-state index in [2.05, 4.69) is 20.2 Å². The van der Waals surface area contributed by atoms with Crippen molar-refractivity contribution in [2.45, 2.75) is 0 Å². The highest BCUT2D eigenvalue weighted by Gasteiger charge is 2.15. The van der Waals surface area contributed by atoms with Crippen LogP contribution in [0.25, 0.3) is 0 Å². The summed E-state index contributed by atoms with van der Waals surface area (Å²) in [7, 11) is 1.36. The van der Waals surface area contributed by atoms with Crippen molar-refractivity contribution in [2.75, 3.05) is 43.6 Å². The molecule has 0 saturated carbocycles. The third-order valence-corrected chi connectivity index (χ3v) is 3.55. The van der Waals surface area contributed by atoms with Crippen LogP contribution < -0.4 is 10.2 Å². The second kappa shape index (κ2) is 7.06. The maximum Gasteiger partial charge on any atom is 0.339 e. The molecule has 0 radical (unpaired) electrons. The van der Waals surface area contributed by atoms with E-state index in [-0.39, 0.29) is 0 Å². The first-order valence-corrected chi connectivity index (χ1v) is 7.38. The Morgan fingerprint density at radius 2 is 2.04 bits per heavy atom. The van der Waals surface area contributed by atoms with Crippen LogP contribution in [0, 0.1) is 0 Å². The zero-order valence-corrected chi connectivity index (χ0v) is 12.9.